The number of amides is 1. The van der Waals surface area contributed by atoms with E-state index in [4.69, 9.17) is 0 Å². The van der Waals surface area contributed by atoms with Crippen LogP contribution in [0.1, 0.15) is 40.5 Å². The van der Waals surface area contributed by atoms with Crippen molar-refractivity contribution in [3.63, 3.8) is 0 Å². The van der Waals surface area contributed by atoms with Crippen LogP contribution in [0.5, 0.6) is 0 Å². The van der Waals surface area contributed by atoms with Crippen LogP contribution in [0.2, 0.25) is 0 Å². The van der Waals surface area contributed by atoms with Crippen LogP contribution < -0.4 is 5.32 Å². The van der Waals surface area contributed by atoms with Crippen LogP contribution >= 0.6 is 0 Å². The highest BCUT2D eigenvalue weighted by Gasteiger charge is 2.28. The van der Waals surface area contributed by atoms with Gasteiger partial charge in [-0.1, -0.05) is 27.7 Å². The maximum Gasteiger partial charge on any atom is 0.239 e. The molecule has 16 heavy (non-hydrogen) atoms. The van der Waals surface area contributed by atoms with E-state index < -0.39 is 0 Å². The van der Waals surface area contributed by atoms with Crippen LogP contribution in [-0.4, -0.2) is 37.0 Å². The molecule has 0 saturated carbocycles. The maximum atomic E-state index is 12.2. The number of rotatable bonds is 2. The maximum absolute atomic E-state index is 12.2. The Bertz CT molecular complexity index is 245. The van der Waals surface area contributed by atoms with Gasteiger partial charge in [-0.05, 0) is 30.7 Å². The highest BCUT2D eigenvalue weighted by molar-refractivity contribution is 5.81. The summed E-state index contributed by atoms with van der Waals surface area (Å²) in [6, 6.07) is 0.0381. The second-order valence-corrected chi connectivity index (χ2v) is 6.39. The Hall–Kier alpha value is -0.570. The van der Waals surface area contributed by atoms with Crippen LogP contribution in [0.4, 0.5) is 0 Å². The minimum absolute atomic E-state index is 0.0381. The van der Waals surface area contributed by atoms with E-state index in [0.29, 0.717) is 5.92 Å². The number of carbonyl (C=O) groups is 1. The third-order valence-corrected chi connectivity index (χ3v) is 3.05. The van der Waals surface area contributed by atoms with Crippen molar-refractivity contribution in [1.29, 1.82) is 0 Å². The van der Waals surface area contributed by atoms with Gasteiger partial charge in [0.2, 0.25) is 5.91 Å². The molecule has 1 saturated heterocycles. The standard InChI is InChI=1S/C13H26N2O/c1-10-6-7-14-11(8-10)12(16)15(5)9-13(2,3)4/h10-11,14H,6-9H2,1-5H3. The van der Waals surface area contributed by atoms with Gasteiger partial charge in [0.15, 0.2) is 0 Å². The van der Waals surface area contributed by atoms with Crippen molar-refractivity contribution in [2.75, 3.05) is 20.1 Å². The fourth-order valence-electron chi connectivity index (χ4n) is 2.35. The molecule has 0 aliphatic carbocycles. The number of hydrogen-bond donors (Lipinski definition) is 1. The monoisotopic (exact) mass is 226 g/mol. The molecule has 1 amide bonds. The highest BCUT2D eigenvalue weighted by Crippen LogP contribution is 2.19. The van der Waals surface area contributed by atoms with E-state index in [1.54, 1.807) is 0 Å². The van der Waals surface area contributed by atoms with Crippen molar-refractivity contribution < 1.29 is 4.79 Å². The van der Waals surface area contributed by atoms with Crippen LogP contribution in [-0.2, 0) is 4.79 Å². The van der Waals surface area contributed by atoms with E-state index in [9.17, 15) is 4.79 Å². The lowest BCUT2D eigenvalue weighted by molar-refractivity contribution is -0.134. The van der Waals surface area contributed by atoms with Gasteiger partial charge in [0.25, 0.3) is 0 Å². The van der Waals surface area contributed by atoms with E-state index >= 15 is 0 Å². The number of piperidine rings is 1. The molecule has 1 aliphatic heterocycles. The molecule has 2 unspecified atom stereocenters. The summed E-state index contributed by atoms with van der Waals surface area (Å²) in [4.78, 5) is 14.1. The molecule has 3 nitrogen and oxygen atoms in total. The molecule has 1 N–H and O–H groups in total. The van der Waals surface area contributed by atoms with E-state index in [-0.39, 0.29) is 17.4 Å². The topological polar surface area (TPSA) is 32.3 Å². The van der Waals surface area contributed by atoms with E-state index in [0.717, 1.165) is 19.5 Å². The Morgan fingerprint density at radius 3 is 2.56 bits per heavy atom. The van der Waals surface area contributed by atoms with Gasteiger partial charge in [-0.3, -0.25) is 4.79 Å². The number of hydrogen-bond acceptors (Lipinski definition) is 2. The highest BCUT2D eigenvalue weighted by atomic mass is 16.2. The summed E-state index contributed by atoms with van der Waals surface area (Å²) >= 11 is 0. The fraction of sp³-hybridized carbons (Fsp3) is 0.923. The molecule has 3 heteroatoms. The van der Waals surface area contributed by atoms with Crippen molar-refractivity contribution in [2.24, 2.45) is 11.3 Å². The summed E-state index contributed by atoms with van der Waals surface area (Å²) in [7, 11) is 1.91. The lowest BCUT2D eigenvalue weighted by atomic mass is 9.92. The minimum atomic E-state index is 0.0381. The van der Waals surface area contributed by atoms with E-state index in [2.05, 4.69) is 33.0 Å². The molecule has 1 heterocycles. The van der Waals surface area contributed by atoms with Crippen molar-refractivity contribution in [1.82, 2.24) is 10.2 Å². The number of nitrogens with zero attached hydrogens (tertiary/aromatic N) is 1. The summed E-state index contributed by atoms with van der Waals surface area (Å²) < 4.78 is 0. The normalized spacial score (nSPS) is 26.6. The zero-order chi connectivity index (χ0) is 12.3. The van der Waals surface area contributed by atoms with E-state index in [1.807, 2.05) is 11.9 Å². The van der Waals surface area contributed by atoms with Gasteiger partial charge < -0.3 is 10.2 Å². The molecule has 0 aromatic heterocycles. The first kappa shape index (κ1) is 13.5. The molecule has 0 aromatic carbocycles. The summed E-state index contributed by atoms with van der Waals surface area (Å²) in [6.07, 6.45) is 2.17. The van der Waals surface area contributed by atoms with Crippen molar-refractivity contribution >= 4 is 5.91 Å². The molecular weight excluding hydrogens is 200 g/mol. The molecule has 1 fully saturated rings. The first-order chi connectivity index (χ1) is 7.29. The number of nitrogens with one attached hydrogen (secondary N) is 1. The third kappa shape index (κ3) is 4.12. The largest absolute Gasteiger partial charge is 0.344 e. The second kappa shape index (κ2) is 5.17. The van der Waals surface area contributed by atoms with Gasteiger partial charge in [0.05, 0.1) is 6.04 Å². The molecule has 1 rings (SSSR count). The molecule has 0 radical (unpaired) electrons. The van der Waals surface area contributed by atoms with Crippen molar-refractivity contribution in [3.05, 3.63) is 0 Å². The quantitative estimate of drug-likeness (QED) is 0.779. The first-order valence-corrected chi connectivity index (χ1v) is 6.28. The molecule has 0 bridgehead atoms. The summed E-state index contributed by atoms with van der Waals surface area (Å²) in [6.45, 7) is 10.5. The van der Waals surface area contributed by atoms with Crippen molar-refractivity contribution in [2.45, 2.75) is 46.6 Å². The Kier molecular flexibility index (Phi) is 4.36. The van der Waals surface area contributed by atoms with Gasteiger partial charge in [0, 0.05) is 13.6 Å². The SMILES string of the molecule is CC1CCNC(C(=O)N(C)CC(C)(C)C)C1. The predicted octanol–water partition coefficient (Wildman–Crippen LogP) is 1.88. The molecule has 0 spiro atoms. The fourth-order valence-corrected chi connectivity index (χ4v) is 2.35. The van der Waals surface area contributed by atoms with Gasteiger partial charge in [-0.15, -0.1) is 0 Å². The van der Waals surface area contributed by atoms with Gasteiger partial charge in [0.1, 0.15) is 0 Å². The molecule has 0 aromatic rings. The van der Waals surface area contributed by atoms with Crippen LogP contribution in [0, 0.1) is 11.3 Å². The summed E-state index contributed by atoms with van der Waals surface area (Å²) in [5.41, 5.74) is 0.171. The predicted molar refractivity (Wildman–Crippen MR) is 67.3 cm³/mol. The third-order valence-electron chi connectivity index (χ3n) is 3.05. The zero-order valence-corrected chi connectivity index (χ0v) is 11.3. The number of likely N-dealkylation sites (N-methyl/N-ethyl adjacent to an activating group) is 1. The zero-order valence-electron chi connectivity index (χ0n) is 11.3. The van der Waals surface area contributed by atoms with Gasteiger partial charge >= 0.3 is 0 Å². The average Bonchev–Trinajstić information content (AvgIpc) is 2.14. The van der Waals surface area contributed by atoms with Crippen LogP contribution in [0.3, 0.4) is 0 Å². The molecular formula is C13H26N2O. The minimum Gasteiger partial charge on any atom is -0.344 e. The molecule has 94 valence electrons. The van der Waals surface area contributed by atoms with Crippen molar-refractivity contribution in [3.8, 4) is 0 Å². The van der Waals surface area contributed by atoms with Gasteiger partial charge in [-0.25, -0.2) is 0 Å². The van der Waals surface area contributed by atoms with Gasteiger partial charge in [-0.2, -0.15) is 0 Å². The summed E-state index contributed by atoms with van der Waals surface area (Å²) in [5, 5.41) is 3.32. The average molecular weight is 226 g/mol. The van der Waals surface area contributed by atoms with E-state index in [1.165, 1.54) is 6.42 Å². The summed E-state index contributed by atoms with van der Waals surface area (Å²) in [5.74, 6) is 0.916. The smallest absolute Gasteiger partial charge is 0.239 e. The van der Waals surface area contributed by atoms with Crippen LogP contribution in [0.25, 0.3) is 0 Å². The first-order valence-electron chi connectivity index (χ1n) is 6.28. The Balaban J connectivity index is 2.49. The lowest BCUT2D eigenvalue weighted by Gasteiger charge is -2.33. The van der Waals surface area contributed by atoms with Crippen LogP contribution in [0.15, 0.2) is 0 Å². The number of carbonyl (C=O) groups excluding carboxylic acids is 1. The lowest BCUT2D eigenvalue weighted by Crippen LogP contribution is -2.50. The molecule has 2 atom stereocenters. The Morgan fingerprint density at radius 2 is 2.06 bits per heavy atom. The second-order valence-electron chi connectivity index (χ2n) is 6.39. The Labute approximate surface area is 99.6 Å². The Morgan fingerprint density at radius 1 is 1.44 bits per heavy atom. The molecule has 1 aliphatic rings.